The second-order valence-electron chi connectivity index (χ2n) is 8.52. The lowest BCUT2D eigenvalue weighted by Gasteiger charge is -2.24. The Morgan fingerprint density at radius 2 is 1.77 bits per heavy atom. The van der Waals surface area contributed by atoms with E-state index in [-0.39, 0.29) is 11.4 Å². The highest BCUT2D eigenvalue weighted by Gasteiger charge is 2.22. The highest BCUT2D eigenvalue weighted by Crippen LogP contribution is 2.26. The fourth-order valence-corrected chi connectivity index (χ4v) is 4.65. The van der Waals surface area contributed by atoms with Crippen molar-refractivity contribution in [2.75, 3.05) is 22.3 Å². The lowest BCUT2D eigenvalue weighted by atomic mass is 10.1. The van der Waals surface area contributed by atoms with Crippen molar-refractivity contribution in [1.29, 1.82) is 0 Å². The number of benzene rings is 2. The van der Waals surface area contributed by atoms with E-state index in [0.29, 0.717) is 21.7 Å². The number of amides is 1. The first-order valence-corrected chi connectivity index (χ1v) is 13.2. The summed E-state index contributed by atoms with van der Waals surface area (Å²) in [6.07, 6.45) is 5.09. The van der Waals surface area contributed by atoms with Crippen molar-refractivity contribution in [2.24, 2.45) is 0 Å². The number of hydrogen-bond donors (Lipinski definition) is 0. The number of nitrogens with zero attached hydrogens (tertiary/aromatic N) is 4. The number of imidazole rings is 1. The zero-order valence-electron chi connectivity index (χ0n) is 20.7. The molecule has 0 saturated heterocycles. The maximum atomic E-state index is 13.0. The molecule has 0 aliphatic rings. The summed E-state index contributed by atoms with van der Waals surface area (Å²) >= 11 is 3.85. The smallest absolute Gasteiger partial charge is 0.289 e. The summed E-state index contributed by atoms with van der Waals surface area (Å²) in [6, 6.07) is 12.7. The van der Waals surface area contributed by atoms with E-state index in [9.17, 15) is 13.6 Å². The molecule has 1 atom stereocenters. The van der Waals surface area contributed by atoms with Crippen LogP contribution in [-0.2, 0) is 17.8 Å². The van der Waals surface area contributed by atoms with Crippen LogP contribution < -0.4 is 9.21 Å². The van der Waals surface area contributed by atoms with Gasteiger partial charge in [0.15, 0.2) is 0 Å². The highest BCUT2D eigenvalue weighted by molar-refractivity contribution is 7.81. The molecule has 0 radical (unpaired) electrons. The van der Waals surface area contributed by atoms with Crippen LogP contribution in [0.4, 0.5) is 11.4 Å². The molecule has 0 aliphatic carbocycles. The van der Waals surface area contributed by atoms with Crippen LogP contribution in [0.2, 0.25) is 5.02 Å². The van der Waals surface area contributed by atoms with Crippen molar-refractivity contribution < 1.29 is 13.6 Å². The Labute approximate surface area is 215 Å². The third-order valence-electron chi connectivity index (χ3n) is 5.95. The molecule has 1 aromatic heterocycles. The van der Waals surface area contributed by atoms with E-state index in [2.05, 4.69) is 29.8 Å². The van der Waals surface area contributed by atoms with Gasteiger partial charge in [0.25, 0.3) is 5.91 Å². The normalized spacial score (nSPS) is 11.9. The van der Waals surface area contributed by atoms with Gasteiger partial charge < -0.3 is 14.0 Å². The molecule has 0 bridgehead atoms. The van der Waals surface area contributed by atoms with E-state index in [1.807, 2.05) is 19.1 Å². The summed E-state index contributed by atoms with van der Waals surface area (Å²) in [6.45, 7) is 10.3. The Morgan fingerprint density at radius 1 is 1.09 bits per heavy atom. The average molecular weight is 516 g/mol. The predicted molar refractivity (Wildman–Crippen MR) is 142 cm³/mol. The van der Waals surface area contributed by atoms with Gasteiger partial charge in [-0.15, -0.1) is 0 Å². The average Bonchev–Trinajstić information content (AvgIpc) is 3.19. The molecule has 1 unspecified atom stereocenters. The summed E-state index contributed by atoms with van der Waals surface area (Å²) in [4.78, 5) is 19.7. The van der Waals surface area contributed by atoms with Crippen LogP contribution in [-0.4, -0.2) is 37.3 Å². The summed E-state index contributed by atoms with van der Waals surface area (Å²) in [7, 11) is 0. The topological polar surface area (TPSA) is 81.5 Å². The van der Waals surface area contributed by atoms with Gasteiger partial charge in [0.2, 0.25) is 0 Å². The number of rotatable bonds is 11. The number of anilines is 2. The lowest BCUT2D eigenvalue weighted by Crippen LogP contribution is -2.32. The fraction of sp³-hybridized carbons (Fsp3) is 0.385. The van der Waals surface area contributed by atoms with Gasteiger partial charge in [-0.05, 0) is 57.0 Å². The summed E-state index contributed by atoms with van der Waals surface area (Å²) in [5.41, 5.74) is 3.25. The van der Waals surface area contributed by atoms with E-state index in [0.717, 1.165) is 36.3 Å². The SMILES string of the molecule is CCCCCN(CC)c1ccc(Cn2cc(C(=O)N(c3ccc(C)cc3)S(=O)[O-])nc2C)c(Cl)c1. The number of hydrogen-bond acceptors (Lipinski definition) is 5. The zero-order valence-corrected chi connectivity index (χ0v) is 22.2. The Bertz CT molecular complexity index is 1180. The molecule has 1 amide bonds. The van der Waals surface area contributed by atoms with Crippen LogP contribution in [0.25, 0.3) is 0 Å². The Morgan fingerprint density at radius 3 is 2.37 bits per heavy atom. The molecule has 0 saturated carbocycles. The third-order valence-corrected chi connectivity index (χ3v) is 6.98. The number of aromatic nitrogens is 2. The van der Waals surface area contributed by atoms with Crippen molar-refractivity contribution in [3.63, 3.8) is 0 Å². The van der Waals surface area contributed by atoms with E-state index >= 15 is 0 Å². The molecule has 35 heavy (non-hydrogen) atoms. The molecule has 0 N–H and O–H groups in total. The fourth-order valence-electron chi connectivity index (χ4n) is 3.89. The number of aryl methyl sites for hydroxylation is 2. The molecular weight excluding hydrogens is 484 g/mol. The molecule has 9 heteroatoms. The second kappa shape index (κ2) is 12.3. The van der Waals surface area contributed by atoms with Crippen molar-refractivity contribution in [2.45, 2.75) is 53.5 Å². The summed E-state index contributed by atoms with van der Waals surface area (Å²) in [5, 5.41) is 0.638. The first kappa shape index (κ1) is 26.9. The maximum absolute atomic E-state index is 13.0. The van der Waals surface area contributed by atoms with E-state index in [1.54, 1.807) is 42.0 Å². The minimum Gasteiger partial charge on any atom is -0.755 e. The van der Waals surface area contributed by atoms with E-state index in [1.165, 1.54) is 12.8 Å². The quantitative estimate of drug-likeness (QED) is 0.243. The van der Waals surface area contributed by atoms with Crippen LogP contribution >= 0.6 is 11.6 Å². The van der Waals surface area contributed by atoms with Crippen molar-refractivity contribution >= 4 is 40.1 Å². The molecule has 3 aromatic rings. The van der Waals surface area contributed by atoms with Gasteiger partial charge in [-0.25, -0.2) is 9.29 Å². The molecule has 0 aliphatic heterocycles. The van der Waals surface area contributed by atoms with Gasteiger partial charge in [-0.2, -0.15) is 0 Å². The molecule has 0 spiro atoms. The van der Waals surface area contributed by atoms with Crippen molar-refractivity contribution in [1.82, 2.24) is 9.55 Å². The monoisotopic (exact) mass is 515 g/mol. The van der Waals surface area contributed by atoms with Crippen molar-refractivity contribution in [3.05, 3.63) is 76.3 Å². The Kier molecular flexibility index (Phi) is 9.48. The summed E-state index contributed by atoms with van der Waals surface area (Å²) < 4.78 is 26.3. The standard InChI is InChI=1S/C26H33ClN4O3S/c1-5-7-8-15-29(6-2)23-14-11-21(24(27)16-23)17-30-18-25(28-20(30)4)26(32)31(35(33)34)22-12-9-19(3)10-13-22/h9-14,16,18H,5-8,15,17H2,1-4H3,(H,33,34)/p-1. The van der Waals surface area contributed by atoms with Gasteiger partial charge in [-0.3, -0.25) is 9.00 Å². The van der Waals surface area contributed by atoms with Gasteiger partial charge in [-0.1, -0.05) is 55.1 Å². The zero-order chi connectivity index (χ0) is 25.5. The number of unbranched alkanes of at least 4 members (excludes halogenated alkanes) is 2. The summed E-state index contributed by atoms with van der Waals surface area (Å²) in [5.74, 6) is -0.125. The van der Waals surface area contributed by atoms with Crippen LogP contribution in [0.3, 0.4) is 0 Å². The first-order chi connectivity index (χ1) is 16.7. The molecular formula is C26H32ClN4O3S-. The Balaban J connectivity index is 1.80. The van der Waals surface area contributed by atoms with Gasteiger partial charge >= 0.3 is 0 Å². The highest BCUT2D eigenvalue weighted by atomic mass is 35.5. The molecule has 2 aromatic carbocycles. The number of carbonyl (C=O) groups excluding carboxylic acids is 1. The molecule has 188 valence electrons. The predicted octanol–water partition coefficient (Wildman–Crippen LogP) is 5.66. The van der Waals surface area contributed by atoms with Crippen LogP contribution in [0.1, 0.15) is 60.5 Å². The van der Waals surface area contributed by atoms with E-state index in [4.69, 9.17) is 11.6 Å². The van der Waals surface area contributed by atoms with E-state index < -0.39 is 17.2 Å². The molecule has 1 heterocycles. The molecule has 3 rings (SSSR count). The first-order valence-electron chi connectivity index (χ1n) is 11.8. The largest absolute Gasteiger partial charge is 0.755 e. The number of halogens is 1. The molecule has 7 nitrogen and oxygen atoms in total. The third kappa shape index (κ3) is 6.72. The van der Waals surface area contributed by atoms with Crippen LogP contribution in [0.15, 0.2) is 48.7 Å². The minimum absolute atomic E-state index is 0.0492. The minimum atomic E-state index is -2.78. The number of carbonyl (C=O) groups is 1. The van der Waals surface area contributed by atoms with Gasteiger partial charge in [0.05, 0.1) is 23.5 Å². The maximum Gasteiger partial charge on any atom is 0.289 e. The van der Waals surface area contributed by atoms with Crippen molar-refractivity contribution in [3.8, 4) is 0 Å². The lowest BCUT2D eigenvalue weighted by molar-refractivity contribution is 0.100. The van der Waals surface area contributed by atoms with Gasteiger partial charge in [0, 0.05) is 30.0 Å². The molecule has 0 fully saturated rings. The Hall–Kier alpha value is -2.68. The van der Waals surface area contributed by atoms with Crippen LogP contribution in [0, 0.1) is 13.8 Å². The van der Waals surface area contributed by atoms with Gasteiger partial charge in [0.1, 0.15) is 11.5 Å². The second-order valence-corrected chi connectivity index (χ2v) is 9.72. The van der Waals surface area contributed by atoms with Crippen LogP contribution in [0.5, 0.6) is 0 Å².